The van der Waals surface area contributed by atoms with Gasteiger partial charge in [0.1, 0.15) is 11.7 Å². The molecular weight excluding hydrogens is 295 g/mol. The fraction of sp³-hybridized carbons (Fsp3) is 0.286. The van der Waals surface area contributed by atoms with E-state index in [9.17, 15) is 18.8 Å². The molecule has 1 saturated heterocycles. The van der Waals surface area contributed by atoms with Crippen LogP contribution in [0.5, 0.6) is 0 Å². The summed E-state index contributed by atoms with van der Waals surface area (Å²) in [6, 6.07) is 4.86. The van der Waals surface area contributed by atoms with Gasteiger partial charge in [-0.1, -0.05) is 5.16 Å². The predicted molar refractivity (Wildman–Crippen MR) is 71.3 cm³/mol. The lowest BCUT2D eigenvalue weighted by Crippen LogP contribution is -2.35. The van der Waals surface area contributed by atoms with Crippen molar-refractivity contribution in [2.24, 2.45) is 11.1 Å². The molecule has 0 radical (unpaired) electrons. The highest BCUT2D eigenvalue weighted by Crippen LogP contribution is 2.33. The molecule has 3 rings (SSSR count). The number of hydrogen-bond donors (Lipinski definition) is 0. The first-order valence-corrected chi connectivity index (χ1v) is 6.58. The Labute approximate surface area is 124 Å². The molecule has 0 spiro atoms. The van der Waals surface area contributed by atoms with E-state index in [2.05, 4.69) is 5.16 Å². The van der Waals surface area contributed by atoms with Gasteiger partial charge in [-0.05, 0) is 31.2 Å². The second-order valence-electron chi connectivity index (χ2n) is 4.69. The second-order valence-corrected chi connectivity index (χ2v) is 4.69. The number of rotatable bonds is 3. The number of amides is 2. The topological polar surface area (TPSA) is 85.3 Å². The number of hydrogen-bond acceptors (Lipinski definition) is 6. The molecule has 2 aliphatic rings. The van der Waals surface area contributed by atoms with Crippen molar-refractivity contribution in [2.75, 3.05) is 11.5 Å². The molecule has 2 amide bonds. The van der Waals surface area contributed by atoms with Crippen molar-refractivity contribution in [2.45, 2.75) is 13.0 Å². The normalized spacial score (nSPS) is 23.2. The number of anilines is 1. The molecule has 0 bridgehead atoms. The lowest BCUT2D eigenvalue weighted by molar-refractivity contribution is -0.136. The van der Waals surface area contributed by atoms with E-state index in [4.69, 9.17) is 9.57 Å². The molecule has 0 saturated carbocycles. The summed E-state index contributed by atoms with van der Waals surface area (Å²) in [4.78, 5) is 42.3. The molecule has 1 fully saturated rings. The molecule has 2 aliphatic heterocycles. The number of esters is 1. The average Bonchev–Trinajstić information content (AvgIpc) is 3.03. The van der Waals surface area contributed by atoms with Crippen LogP contribution in [0.15, 0.2) is 29.4 Å². The Morgan fingerprint density at radius 2 is 2.00 bits per heavy atom. The zero-order valence-corrected chi connectivity index (χ0v) is 11.5. The molecule has 0 aromatic heterocycles. The number of carbonyl (C=O) groups excluding carboxylic acids is 3. The van der Waals surface area contributed by atoms with Gasteiger partial charge in [-0.2, -0.15) is 0 Å². The smallest absolute Gasteiger partial charge is 0.357 e. The Kier molecular flexibility index (Phi) is 3.36. The number of fused-ring (bicyclic) bond motifs is 1. The molecule has 1 aromatic rings. The molecule has 114 valence electrons. The van der Waals surface area contributed by atoms with E-state index in [0.29, 0.717) is 0 Å². The van der Waals surface area contributed by atoms with E-state index in [1.807, 2.05) is 0 Å². The number of oxime groups is 1. The van der Waals surface area contributed by atoms with E-state index in [1.165, 1.54) is 12.1 Å². The summed E-state index contributed by atoms with van der Waals surface area (Å²) in [6.45, 7) is 1.72. The average molecular weight is 306 g/mol. The maximum atomic E-state index is 13.0. The van der Waals surface area contributed by atoms with E-state index in [-0.39, 0.29) is 18.0 Å². The van der Waals surface area contributed by atoms with Crippen LogP contribution in [0.2, 0.25) is 0 Å². The summed E-state index contributed by atoms with van der Waals surface area (Å²) in [5.74, 6) is -3.71. The molecule has 0 aliphatic carbocycles. The zero-order valence-electron chi connectivity index (χ0n) is 11.5. The van der Waals surface area contributed by atoms with Gasteiger partial charge in [0.2, 0.25) is 12.0 Å². The highest BCUT2D eigenvalue weighted by atomic mass is 19.1. The van der Waals surface area contributed by atoms with Gasteiger partial charge < -0.3 is 9.57 Å². The third kappa shape index (κ3) is 2.03. The second kappa shape index (κ2) is 5.21. The fourth-order valence-corrected chi connectivity index (χ4v) is 2.40. The Balaban J connectivity index is 1.91. The van der Waals surface area contributed by atoms with Crippen molar-refractivity contribution >= 4 is 29.2 Å². The standard InChI is InChI=1S/C14H11FN2O5/c1-2-21-14(20)10-9-11(22-16-10)13(19)17(12(9)18)8-5-3-7(15)4-6-8/h3-6,9,11H,2H2,1H3/t9-,11-/m1/s1. The van der Waals surface area contributed by atoms with Gasteiger partial charge in [0.05, 0.1) is 12.3 Å². The number of nitrogens with zero attached hydrogens (tertiary/aromatic N) is 2. The summed E-state index contributed by atoms with van der Waals surface area (Å²) in [5, 5.41) is 3.50. The minimum atomic E-state index is -1.18. The minimum absolute atomic E-state index is 0.110. The predicted octanol–water partition coefficient (Wildman–Crippen LogP) is 0.633. The maximum Gasteiger partial charge on any atom is 0.357 e. The van der Waals surface area contributed by atoms with Gasteiger partial charge in [0, 0.05) is 0 Å². The molecule has 7 nitrogen and oxygen atoms in total. The zero-order chi connectivity index (χ0) is 15.9. The molecule has 8 heteroatoms. The lowest BCUT2D eigenvalue weighted by atomic mass is 10.00. The van der Waals surface area contributed by atoms with E-state index < -0.39 is 35.6 Å². The molecule has 1 aromatic carbocycles. The van der Waals surface area contributed by atoms with Gasteiger partial charge in [0.25, 0.3) is 5.91 Å². The molecule has 2 atom stereocenters. The van der Waals surface area contributed by atoms with Crippen LogP contribution in [0, 0.1) is 11.7 Å². The minimum Gasteiger partial charge on any atom is -0.461 e. The SMILES string of the molecule is CCOC(=O)C1=NO[C@H]2C(=O)N(c3ccc(F)cc3)C(=O)[C@H]12. The first-order valence-electron chi connectivity index (χ1n) is 6.58. The number of halogens is 1. The van der Waals surface area contributed by atoms with Crippen molar-refractivity contribution in [3.63, 3.8) is 0 Å². The van der Waals surface area contributed by atoms with Crippen LogP contribution in [-0.2, 0) is 24.0 Å². The fourth-order valence-electron chi connectivity index (χ4n) is 2.40. The Bertz CT molecular complexity index is 685. The monoisotopic (exact) mass is 306 g/mol. The third-order valence-electron chi connectivity index (χ3n) is 3.38. The highest BCUT2D eigenvalue weighted by Gasteiger charge is 2.58. The van der Waals surface area contributed by atoms with Gasteiger partial charge in [-0.25, -0.2) is 14.1 Å². The quantitative estimate of drug-likeness (QED) is 0.604. The van der Waals surface area contributed by atoms with Gasteiger partial charge in [0.15, 0.2) is 5.71 Å². The summed E-state index contributed by atoms with van der Waals surface area (Å²) in [5.41, 5.74) is -0.0209. The van der Waals surface area contributed by atoms with Crippen molar-refractivity contribution in [3.8, 4) is 0 Å². The van der Waals surface area contributed by atoms with E-state index in [1.54, 1.807) is 6.92 Å². The first-order chi connectivity index (χ1) is 10.5. The summed E-state index contributed by atoms with van der Waals surface area (Å²) >= 11 is 0. The van der Waals surface area contributed by atoms with Crippen LogP contribution in [-0.4, -0.2) is 36.2 Å². The Morgan fingerprint density at radius 3 is 2.64 bits per heavy atom. The van der Waals surface area contributed by atoms with E-state index in [0.717, 1.165) is 17.0 Å². The van der Waals surface area contributed by atoms with Crippen molar-refractivity contribution < 1.29 is 28.3 Å². The number of ether oxygens (including phenoxy) is 1. The van der Waals surface area contributed by atoms with Gasteiger partial charge in [-0.3, -0.25) is 9.59 Å². The third-order valence-corrected chi connectivity index (χ3v) is 3.38. The van der Waals surface area contributed by atoms with E-state index >= 15 is 0 Å². The molecule has 0 N–H and O–H groups in total. The molecule has 22 heavy (non-hydrogen) atoms. The van der Waals surface area contributed by atoms with Crippen molar-refractivity contribution in [1.29, 1.82) is 0 Å². The maximum absolute atomic E-state index is 13.0. The lowest BCUT2D eigenvalue weighted by Gasteiger charge is -2.14. The van der Waals surface area contributed by atoms with Crippen molar-refractivity contribution in [3.05, 3.63) is 30.1 Å². The number of imide groups is 1. The van der Waals surface area contributed by atoms with Crippen LogP contribution in [0.3, 0.4) is 0 Å². The van der Waals surface area contributed by atoms with Crippen LogP contribution in [0.1, 0.15) is 6.92 Å². The van der Waals surface area contributed by atoms with Gasteiger partial charge in [-0.15, -0.1) is 0 Å². The largest absolute Gasteiger partial charge is 0.461 e. The van der Waals surface area contributed by atoms with Crippen molar-refractivity contribution in [1.82, 2.24) is 0 Å². The molecule has 2 heterocycles. The summed E-state index contributed by atoms with van der Waals surface area (Å²) in [6.07, 6.45) is -1.18. The highest BCUT2D eigenvalue weighted by molar-refractivity contribution is 6.46. The number of benzene rings is 1. The first kappa shape index (κ1) is 14.2. The van der Waals surface area contributed by atoms with Crippen LogP contribution >= 0.6 is 0 Å². The summed E-state index contributed by atoms with van der Waals surface area (Å²) < 4.78 is 17.8. The molecule has 0 unspecified atom stereocenters. The molecular formula is C14H11FN2O5. The van der Waals surface area contributed by atoms with Crippen LogP contribution < -0.4 is 4.90 Å². The number of carbonyl (C=O) groups is 3. The summed E-state index contributed by atoms with van der Waals surface area (Å²) in [7, 11) is 0. The Morgan fingerprint density at radius 1 is 1.32 bits per heavy atom. The Hall–Kier alpha value is -2.77. The van der Waals surface area contributed by atoms with Crippen LogP contribution in [0.25, 0.3) is 0 Å². The van der Waals surface area contributed by atoms with Crippen LogP contribution in [0.4, 0.5) is 10.1 Å². The van der Waals surface area contributed by atoms with Gasteiger partial charge >= 0.3 is 5.97 Å².